The first kappa shape index (κ1) is 22.7. The van der Waals surface area contributed by atoms with Gasteiger partial charge in [-0.3, -0.25) is 9.36 Å². The number of halogens is 1. The molecule has 10 heteroatoms. The van der Waals surface area contributed by atoms with E-state index in [1.807, 2.05) is 19.9 Å². The lowest BCUT2D eigenvalue weighted by Crippen LogP contribution is -2.24. The van der Waals surface area contributed by atoms with Crippen LogP contribution in [-0.2, 0) is 0 Å². The van der Waals surface area contributed by atoms with Crippen LogP contribution in [0, 0.1) is 6.92 Å². The van der Waals surface area contributed by atoms with Crippen molar-refractivity contribution in [3.8, 4) is 5.82 Å². The summed E-state index contributed by atoms with van der Waals surface area (Å²) in [5, 5.41) is 23.2. The van der Waals surface area contributed by atoms with Gasteiger partial charge in [0.05, 0.1) is 25.2 Å². The van der Waals surface area contributed by atoms with Gasteiger partial charge in [-0.25, -0.2) is 9.97 Å². The molecule has 0 saturated heterocycles. The van der Waals surface area contributed by atoms with Crippen LogP contribution in [0.25, 0.3) is 5.82 Å². The number of carbonyl (C=O) groups is 1. The number of anilines is 1. The van der Waals surface area contributed by atoms with E-state index in [1.165, 1.54) is 6.20 Å². The van der Waals surface area contributed by atoms with Gasteiger partial charge in [0.15, 0.2) is 0 Å². The molecule has 0 radical (unpaired) electrons. The molecule has 5 N–H and O–H groups in total. The summed E-state index contributed by atoms with van der Waals surface area (Å²) in [5.41, 5.74) is 6.98. The number of rotatable bonds is 9. The Morgan fingerprint density at radius 1 is 1.29 bits per heavy atom. The van der Waals surface area contributed by atoms with Crippen molar-refractivity contribution in [2.24, 2.45) is 5.73 Å². The van der Waals surface area contributed by atoms with Gasteiger partial charge < -0.3 is 21.3 Å². The molecule has 9 nitrogen and oxygen atoms in total. The van der Waals surface area contributed by atoms with Crippen molar-refractivity contribution < 1.29 is 15.0 Å². The van der Waals surface area contributed by atoms with E-state index in [2.05, 4.69) is 20.3 Å². The Morgan fingerprint density at radius 3 is 2.68 bits per heavy atom. The van der Waals surface area contributed by atoms with Crippen LogP contribution in [0.4, 0.5) is 5.95 Å². The first-order chi connectivity index (χ1) is 14.9. The van der Waals surface area contributed by atoms with Gasteiger partial charge in [0.25, 0.3) is 5.91 Å². The number of carbonyl (C=O) groups excluding carboxylic acids is 1. The fourth-order valence-electron chi connectivity index (χ4n) is 3.19. The second-order valence-electron chi connectivity index (χ2n) is 7.14. The van der Waals surface area contributed by atoms with E-state index >= 15 is 0 Å². The zero-order valence-electron chi connectivity index (χ0n) is 17.3. The lowest BCUT2D eigenvalue weighted by molar-refractivity contribution is 0.0995. The molecule has 0 bridgehead atoms. The smallest absolute Gasteiger partial charge is 0.268 e. The Kier molecular flexibility index (Phi) is 7.21. The zero-order valence-corrected chi connectivity index (χ0v) is 18.0. The first-order valence-corrected chi connectivity index (χ1v) is 10.2. The van der Waals surface area contributed by atoms with E-state index in [-0.39, 0.29) is 24.9 Å². The SMILES string of the molecule is CC[C@@H](CO)Nc1ncc(C)c(-n2cc(C(N)=O)nc2[C@@H](CO)c2cccc(Cl)c2)n1. The fourth-order valence-corrected chi connectivity index (χ4v) is 3.39. The number of aromatic nitrogens is 4. The maximum absolute atomic E-state index is 11.9. The van der Waals surface area contributed by atoms with Crippen LogP contribution in [0.5, 0.6) is 0 Å². The number of aryl methyl sites for hydroxylation is 1. The predicted molar refractivity (Wildman–Crippen MR) is 118 cm³/mol. The van der Waals surface area contributed by atoms with Crippen LogP contribution in [0.15, 0.2) is 36.7 Å². The molecule has 0 spiro atoms. The average Bonchev–Trinajstić information content (AvgIpc) is 3.19. The maximum Gasteiger partial charge on any atom is 0.268 e. The van der Waals surface area contributed by atoms with Crippen LogP contribution in [0.3, 0.4) is 0 Å². The van der Waals surface area contributed by atoms with Crippen LogP contribution in [0.1, 0.15) is 46.7 Å². The monoisotopic (exact) mass is 444 g/mol. The van der Waals surface area contributed by atoms with E-state index in [0.717, 1.165) is 11.1 Å². The minimum Gasteiger partial charge on any atom is -0.395 e. The number of nitrogens with one attached hydrogen (secondary N) is 1. The number of nitrogens with zero attached hydrogens (tertiary/aromatic N) is 4. The lowest BCUT2D eigenvalue weighted by atomic mass is 9.99. The molecule has 3 aromatic rings. The third kappa shape index (κ3) is 5.01. The van der Waals surface area contributed by atoms with Crippen molar-refractivity contribution in [2.75, 3.05) is 18.5 Å². The zero-order chi connectivity index (χ0) is 22.5. The van der Waals surface area contributed by atoms with Crippen LogP contribution in [-0.4, -0.2) is 54.9 Å². The molecule has 2 aromatic heterocycles. The number of aliphatic hydroxyl groups excluding tert-OH is 2. The number of primary amides is 1. The second-order valence-corrected chi connectivity index (χ2v) is 7.58. The number of amides is 1. The van der Waals surface area contributed by atoms with Gasteiger partial charge in [0.1, 0.15) is 17.3 Å². The van der Waals surface area contributed by atoms with Gasteiger partial charge in [-0.15, -0.1) is 0 Å². The first-order valence-electron chi connectivity index (χ1n) is 9.84. The minimum atomic E-state index is -0.695. The van der Waals surface area contributed by atoms with Crippen molar-refractivity contribution in [3.05, 3.63) is 64.3 Å². The Bertz CT molecular complexity index is 1070. The summed E-state index contributed by atoms with van der Waals surface area (Å²) in [5.74, 6) is -0.0797. The number of hydrogen-bond donors (Lipinski definition) is 4. The molecule has 164 valence electrons. The highest BCUT2D eigenvalue weighted by Gasteiger charge is 2.24. The van der Waals surface area contributed by atoms with Gasteiger partial charge in [0, 0.05) is 23.0 Å². The Balaban J connectivity index is 2.14. The topological polar surface area (TPSA) is 139 Å². The van der Waals surface area contributed by atoms with E-state index in [9.17, 15) is 15.0 Å². The number of imidazole rings is 1. The van der Waals surface area contributed by atoms with Crippen molar-refractivity contribution in [1.82, 2.24) is 19.5 Å². The largest absolute Gasteiger partial charge is 0.395 e. The van der Waals surface area contributed by atoms with Gasteiger partial charge in [-0.1, -0.05) is 30.7 Å². The number of benzene rings is 1. The standard InChI is InChI=1S/C21H25ClN6O3/c1-3-15(10-29)25-21-24-8-12(2)19(27-21)28-9-17(18(23)31)26-20(28)16(11-30)13-5-4-6-14(22)7-13/h4-9,15-16,29-30H,3,10-11H2,1-2H3,(H2,23,31)(H,24,25,27)/t15-,16-/m0/s1. The molecule has 3 rings (SSSR count). The summed E-state index contributed by atoms with van der Waals surface area (Å²) in [6.07, 6.45) is 3.82. The van der Waals surface area contributed by atoms with E-state index in [4.69, 9.17) is 17.3 Å². The van der Waals surface area contributed by atoms with Crippen LogP contribution < -0.4 is 11.1 Å². The predicted octanol–water partition coefficient (Wildman–Crippen LogP) is 2.03. The quantitative estimate of drug-likeness (QED) is 0.396. The molecule has 0 fully saturated rings. The van der Waals surface area contributed by atoms with E-state index in [1.54, 1.807) is 29.0 Å². The van der Waals surface area contributed by atoms with Gasteiger partial charge in [-0.05, 0) is 31.0 Å². The Morgan fingerprint density at radius 2 is 2.06 bits per heavy atom. The Labute approximate surface area is 184 Å². The lowest BCUT2D eigenvalue weighted by Gasteiger charge is -2.19. The molecule has 2 heterocycles. The van der Waals surface area contributed by atoms with Gasteiger partial charge in [-0.2, -0.15) is 4.98 Å². The highest BCUT2D eigenvalue weighted by Crippen LogP contribution is 2.28. The second kappa shape index (κ2) is 9.86. The minimum absolute atomic E-state index is 0.0461. The maximum atomic E-state index is 11.9. The molecule has 2 atom stereocenters. The molecular weight excluding hydrogens is 420 g/mol. The number of hydrogen-bond acceptors (Lipinski definition) is 7. The molecule has 0 aliphatic rings. The summed E-state index contributed by atoms with van der Waals surface area (Å²) in [6.45, 7) is 3.43. The molecule has 0 aliphatic carbocycles. The van der Waals surface area contributed by atoms with Crippen molar-refractivity contribution in [1.29, 1.82) is 0 Å². The number of aliphatic hydroxyl groups is 2. The molecule has 1 aromatic carbocycles. The summed E-state index contributed by atoms with van der Waals surface area (Å²) in [7, 11) is 0. The molecule has 0 unspecified atom stereocenters. The molecular formula is C21H25ClN6O3. The molecule has 0 saturated carbocycles. The normalized spacial score (nSPS) is 13.1. The Hall–Kier alpha value is -3.01. The summed E-state index contributed by atoms with van der Waals surface area (Å²) in [4.78, 5) is 25.1. The average molecular weight is 445 g/mol. The fraction of sp³-hybridized carbons (Fsp3) is 0.333. The summed E-state index contributed by atoms with van der Waals surface area (Å²) >= 11 is 6.14. The summed E-state index contributed by atoms with van der Waals surface area (Å²) < 4.78 is 1.63. The summed E-state index contributed by atoms with van der Waals surface area (Å²) in [6, 6.07) is 6.87. The van der Waals surface area contributed by atoms with E-state index in [0.29, 0.717) is 29.0 Å². The van der Waals surface area contributed by atoms with E-state index < -0.39 is 11.8 Å². The van der Waals surface area contributed by atoms with Crippen LogP contribution >= 0.6 is 11.6 Å². The number of nitrogens with two attached hydrogens (primary N) is 1. The van der Waals surface area contributed by atoms with Gasteiger partial charge >= 0.3 is 0 Å². The third-order valence-electron chi connectivity index (χ3n) is 4.95. The van der Waals surface area contributed by atoms with Crippen molar-refractivity contribution in [3.63, 3.8) is 0 Å². The van der Waals surface area contributed by atoms with Gasteiger partial charge in [0.2, 0.25) is 5.95 Å². The highest BCUT2D eigenvalue weighted by molar-refractivity contribution is 6.30. The third-order valence-corrected chi connectivity index (χ3v) is 5.19. The van der Waals surface area contributed by atoms with Crippen molar-refractivity contribution in [2.45, 2.75) is 32.2 Å². The molecule has 0 aliphatic heterocycles. The van der Waals surface area contributed by atoms with Crippen LogP contribution in [0.2, 0.25) is 5.02 Å². The van der Waals surface area contributed by atoms with Crippen molar-refractivity contribution >= 4 is 23.5 Å². The highest BCUT2D eigenvalue weighted by atomic mass is 35.5. The molecule has 31 heavy (non-hydrogen) atoms. The molecule has 1 amide bonds.